The summed E-state index contributed by atoms with van der Waals surface area (Å²) in [6, 6.07) is 1.75. The maximum atomic E-state index is 9.45. The fraction of sp³-hybridized carbons (Fsp3) is 0.263. The van der Waals surface area contributed by atoms with Gasteiger partial charge in [0.05, 0.1) is 50.1 Å². The number of fused-ring (bicyclic) bond motifs is 1. The number of hydrogen-bond acceptors (Lipinski definition) is 8. The molecule has 154 valence electrons. The van der Waals surface area contributed by atoms with Gasteiger partial charge < -0.3 is 10.2 Å². The maximum Gasteiger partial charge on any atom is 0.221 e. The monoisotopic (exact) mass is 407 g/mol. The zero-order valence-electron chi connectivity index (χ0n) is 16.4. The normalized spacial score (nSPS) is 12.4. The highest BCUT2D eigenvalue weighted by Gasteiger charge is 2.12. The van der Waals surface area contributed by atoms with Crippen LogP contribution >= 0.6 is 0 Å². The molecule has 0 aliphatic heterocycles. The summed E-state index contributed by atoms with van der Waals surface area (Å²) in [5, 5.41) is 35.2. The second-order valence-corrected chi connectivity index (χ2v) is 6.49. The van der Waals surface area contributed by atoms with Crippen molar-refractivity contribution in [2.24, 2.45) is 0 Å². The maximum absolute atomic E-state index is 9.45. The van der Waals surface area contributed by atoms with Crippen molar-refractivity contribution in [3.8, 4) is 11.3 Å². The lowest BCUT2D eigenvalue weighted by atomic mass is 10.2. The molecule has 11 nitrogen and oxygen atoms in total. The van der Waals surface area contributed by atoms with Gasteiger partial charge in [0.25, 0.3) is 0 Å². The molecule has 0 radical (unpaired) electrons. The molecule has 0 amide bonds. The van der Waals surface area contributed by atoms with Crippen molar-refractivity contribution in [3.63, 3.8) is 0 Å². The molecular weight excluding hydrogens is 386 g/mol. The average Bonchev–Trinajstić information content (AvgIpc) is 3.48. The van der Waals surface area contributed by atoms with Crippen molar-refractivity contribution in [2.75, 3.05) is 6.61 Å². The molecule has 0 aromatic carbocycles. The lowest BCUT2D eigenvalue weighted by Crippen LogP contribution is -2.06. The summed E-state index contributed by atoms with van der Waals surface area (Å²) in [7, 11) is 0. The van der Waals surface area contributed by atoms with E-state index >= 15 is 0 Å². The van der Waals surface area contributed by atoms with Crippen molar-refractivity contribution in [2.45, 2.75) is 26.6 Å². The smallest absolute Gasteiger partial charge is 0.221 e. The van der Waals surface area contributed by atoms with E-state index in [2.05, 4.69) is 30.5 Å². The molecule has 0 saturated heterocycles. The summed E-state index contributed by atoms with van der Waals surface area (Å²) in [4.78, 5) is 9.03. The molecule has 0 atom stereocenters. The molecular formula is C19H21N9O2. The minimum absolute atomic E-state index is 0.0107. The zero-order chi connectivity index (χ0) is 20.9. The molecule has 0 fully saturated rings. The van der Waals surface area contributed by atoms with Gasteiger partial charge in [-0.1, -0.05) is 17.4 Å². The van der Waals surface area contributed by atoms with Gasteiger partial charge in [0.2, 0.25) is 5.65 Å². The minimum atomic E-state index is -0.106. The highest BCUT2D eigenvalue weighted by Crippen LogP contribution is 2.18. The molecule has 4 heterocycles. The lowest BCUT2D eigenvalue weighted by Gasteiger charge is -2.06. The van der Waals surface area contributed by atoms with Crippen LogP contribution in [0.5, 0.6) is 0 Å². The molecule has 11 heteroatoms. The van der Waals surface area contributed by atoms with Gasteiger partial charge in [-0.25, -0.2) is 19.3 Å². The van der Waals surface area contributed by atoms with Crippen LogP contribution in [0.2, 0.25) is 0 Å². The molecule has 0 spiro atoms. The van der Waals surface area contributed by atoms with E-state index in [-0.39, 0.29) is 13.2 Å². The summed E-state index contributed by atoms with van der Waals surface area (Å²) in [6.45, 7) is 2.64. The molecule has 0 unspecified atom stereocenters. The van der Waals surface area contributed by atoms with Crippen molar-refractivity contribution in [1.82, 2.24) is 44.5 Å². The van der Waals surface area contributed by atoms with Crippen LogP contribution in [-0.4, -0.2) is 61.3 Å². The summed E-state index contributed by atoms with van der Waals surface area (Å²) in [5.41, 5.74) is 3.99. The fourth-order valence-corrected chi connectivity index (χ4v) is 2.99. The standard InChI is InChI=1S/C19H21N9O2/c1-2-3-14(10-27-16(13-30)4-5-21-27)11-28-19-18(24-25-28)20-9-17(23-19)15-8-22-26(12-15)6-7-29/h2-5,8-10,12,29-30H,6-7,11,13H2,1H3/b3-2-,14-10+. The Bertz CT molecular complexity index is 1200. The van der Waals surface area contributed by atoms with Crippen LogP contribution in [0, 0.1) is 0 Å². The van der Waals surface area contributed by atoms with E-state index in [1.165, 1.54) is 0 Å². The number of hydrogen-bond donors (Lipinski definition) is 2. The molecule has 4 rings (SSSR count). The highest BCUT2D eigenvalue weighted by atomic mass is 16.3. The molecule has 30 heavy (non-hydrogen) atoms. The minimum Gasteiger partial charge on any atom is -0.394 e. The van der Waals surface area contributed by atoms with Crippen LogP contribution in [0.25, 0.3) is 28.8 Å². The number of aliphatic hydroxyl groups is 2. The Morgan fingerprint density at radius 3 is 2.90 bits per heavy atom. The van der Waals surface area contributed by atoms with Crippen LogP contribution in [0.15, 0.2) is 48.6 Å². The Morgan fingerprint density at radius 1 is 1.20 bits per heavy atom. The van der Waals surface area contributed by atoms with Gasteiger partial charge in [-0.3, -0.25) is 4.68 Å². The average molecular weight is 407 g/mol. The Kier molecular flexibility index (Phi) is 5.72. The van der Waals surface area contributed by atoms with E-state index in [0.29, 0.717) is 35.8 Å². The molecule has 4 aromatic heterocycles. The predicted octanol–water partition coefficient (Wildman–Crippen LogP) is 0.883. The summed E-state index contributed by atoms with van der Waals surface area (Å²) in [5.74, 6) is 0. The van der Waals surface area contributed by atoms with Gasteiger partial charge in [0, 0.05) is 24.2 Å². The molecule has 0 aliphatic carbocycles. The zero-order valence-corrected chi connectivity index (χ0v) is 16.4. The number of aromatic nitrogens is 9. The van der Waals surface area contributed by atoms with E-state index in [0.717, 1.165) is 11.1 Å². The van der Waals surface area contributed by atoms with Crippen molar-refractivity contribution < 1.29 is 10.2 Å². The Labute approximate surface area is 171 Å². The van der Waals surface area contributed by atoms with Crippen molar-refractivity contribution in [3.05, 3.63) is 54.3 Å². The van der Waals surface area contributed by atoms with Crippen molar-refractivity contribution >= 4 is 17.5 Å². The third-order valence-electron chi connectivity index (χ3n) is 4.40. The molecule has 0 aliphatic rings. The largest absolute Gasteiger partial charge is 0.394 e. The number of allylic oxidation sites excluding steroid dienone is 3. The van der Waals surface area contributed by atoms with Gasteiger partial charge in [-0.2, -0.15) is 10.2 Å². The molecule has 4 aromatic rings. The van der Waals surface area contributed by atoms with Crippen LogP contribution in [-0.2, 0) is 19.7 Å². The summed E-state index contributed by atoms with van der Waals surface area (Å²) in [6.07, 6.45) is 12.4. The molecule has 0 bridgehead atoms. The van der Waals surface area contributed by atoms with Gasteiger partial charge in [-0.15, -0.1) is 5.10 Å². The van der Waals surface area contributed by atoms with E-state index in [1.54, 1.807) is 44.9 Å². The first-order chi connectivity index (χ1) is 14.7. The van der Waals surface area contributed by atoms with E-state index in [9.17, 15) is 5.11 Å². The van der Waals surface area contributed by atoms with Crippen LogP contribution in [0.4, 0.5) is 0 Å². The van der Waals surface area contributed by atoms with Crippen LogP contribution in [0.3, 0.4) is 0 Å². The highest BCUT2D eigenvalue weighted by molar-refractivity contribution is 5.69. The van der Waals surface area contributed by atoms with Gasteiger partial charge >= 0.3 is 0 Å². The third kappa shape index (κ3) is 4.02. The quantitative estimate of drug-likeness (QED) is 0.411. The van der Waals surface area contributed by atoms with E-state index in [1.807, 2.05) is 25.3 Å². The third-order valence-corrected chi connectivity index (χ3v) is 4.40. The topological polar surface area (TPSA) is 133 Å². The first-order valence-electron chi connectivity index (χ1n) is 9.38. The van der Waals surface area contributed by atoms with Gasteiger partial charge in [-0.05, 0) is 18.6 Å². The molecule has 0 saturated carbocycles. The number of aliphatic hydroxyl groups excluding tert-OH is 2. The lowest BCUT2D eigenvalue weighted by molar-refractivity contribution is 0.269. The van der Waals surface area contributed by atoms with E-state index < -0.39 is 0 Å². The van der Waals surface area contributed by atoms with E-state index in [4.69, 9.17) is 5.11 Å². The summed E-state index contributed by atoms with van der Waals surface area (Å²) < 4.78 is 4.94. The van der Waals surface area contributed by atoms with Crippen LogP contribution < -0.4 is 0 Å². The van der Waals surface area contributed by atoms with Gasteiger partial charge in [0.15, 0.2) is 5.65 Å². The number of nitrogens with zero attached hydrogens (tertiary/aromatic N) is 9. The Balaban J connectivity index is 1.67. The SMILES string of the molecule is C/C=C\C(=C/n1nccc1CO)Cn1nnc2ncc(-c3cnn(CCO)c3)nc21. The first kappa shape index (κ1) is 19.6. The second kappa shape index (κ2) is 8.76. The van der Waals surface area contributed by atoms with Gasteiger partial charge in [0.1, 0.15) is 0 Å². The second-order valence-electron chi connectivity index (χ2n) is 6.49. The van der Waals surface area contributed by atoms with Crippen LogP contribution in [0.1, 0.15) is 12.6 Å². The number of rotatable bonds is 8. The summed E-state index contributed by atoms with van der Waals surface area (Å²) >= 11 is 0. The Hall–Kier alpha value is -3.70. The predicted molar refractivity (Wildman–Crippen MR) is 109 cm³/mol. The Morgan fingerprint density at radius 2 is 2.10 bits per heavy atom. The molecule has 2 N–H and O–H groups in total. The van der Waals surface area contributed by atoms with Crippen molar-refractivity contribution in [1.29, 1.82) is 0 Å². The first-order valence-corrected chi connectivity index (χ1v) is 9.38. The fourth-order valence-electron chi connectivity index (χ4n) is 2.99.